The number of allylic oxidation sites excluding steroid dienone is 2. The summed E-state index contributed by atoms with van der Waals surface area (Å²) in [6.07, 6.45) is 23.4. The Labute approximate surface area is 186 Å². The molecule has 4 nitrogen and oxygen atoms in total. The van der Waals surface area contributed by atoms with Gasteiger partial charge in [-0.05, 0) is 51.4 Å². The Morgan fingerprint density at radius 3 is 1.20 bits per heavy atom. The number of hydrogen-bond donors (Lipinski definition) is 2. The molecule has 0 aromatic carbocycles. The summed E-state index contributed by atoms with van der Waals surface area (Å²) in [5, 5.41) is 5.99. The third-order valence-corrected chi connectivity index (χ3v) is 5.37. The lowest BCUT2D eigenvalue weighted by Gasteiger charge is -2.07. The minimum atomic E-state index is 0.120. The number of carbonyl (C=O) groups excluding carboxylic acids is 2. The zero-order valence-corrected chi connectivity index (χ0v) is 19.5. The molecule has 0 aliphatic carbocycles. The summed E-state index contributed by atoms with van der Waals surface area (Å²) in [6.45, 7) is 9.03. The Hall–Kier alpha value is -1.58. The van der Waals surface area contributed by atoms with E-state index in [0.29, 0.717) is 12.8 Å². The van der Waals surface area contributed by atoms with Crippen molar-refractivity contribution in [3.05, 3.63) is 25.3 Å². The lowest BCUT2D eigenvalue weighted by molar-refractivity contribution is -0.123. The molecule has 4 heteroatoms. The van der Waals surface area contributed by atoms with Crippen molar-refractivity contribution < 1.29 is 9.59 Å². The maximum Gasteiger partial charge on any atom is 0.219 e. The number of rotatable bonds is 23. The van der Waals surface area contributed by atoms with E-state index in [0.717, 1.165) is 51.6 Å². The average Bonchev–Trinajstić information content (AvgIpc) is 2.74. The minimum Gasteiger partial charge on any atom is -0.356 e. The molecule has 0 radical (unpaired) electrons. The quantitative estimate of drug-likeness (QED) is 0.144. The van der Waals surface area contributed by atoms with Crippen LogP contribution in [-0.4, -0.2) is 24.9 Å². The summed E-state index contributed by atoms with van der Waals surface area (Å²) in [4.78, 5) is 23.6. The van der Waals surface area contributed by atoms with Gasteiger partial charge in [0.2, 0.25) is 11.8 Å². The molecule has 0 unspecified atom stereocenters. The molecule has 0 aromatic rings. The number of carbonyl (C=O) groups is 2. The number of amides is 2. The molecule has 0 heterocycles. The molecule has 0 aliphatic heterocycles. The van der Waals surface area contributed by atoms with Crippen molar-refractivity contribution in [3.8, 4) is 0 Å². The van der Waals surface area contributed by atoms with Crippen LogP contribution in [0.3, 0.4) is 0 Å². The predicted octanol–water partition coefficient (Wildman–Crippen LogP) is 6.61. The van der Waals surface area contributed by atoms with Gasteiger partial charge in [-0.25, -0.2) is 0 Å². The molecule has 174 valence electrons. The Morgan fingerprint density at radius 1 is 0.500 bits per heavy atom. The van der Waals surface area contributed by atoms with Gasteiger partial charge in [-0.1, -0.05) is 63.5 Å². The second kappa shape index (κ2) is 23.7. The standard InChI is InChI=1S/C26H48N2O2/c1-3-5-7-9-11-13-15-19-23-27-25(29)21-17-18-22-26(30)28-24-20-16-14-12-10-8-6-4-2/h3-4H,1-2,5-24H2,(H,27,29)(H,28,30). The van der Waals surface area contributed by atoms with Crippen LogP contribution >= 0.6 is 0 Å². The van der Waals surface area contributed by atoms with Crippen LogP contribution in [0.15, 0.2) is 25.3 Å². The molecule has 0 saturated carbocycles. The first kappa shape index (κ1) is 28.4. The highest BCUT2D eigenvalue weighted by atomic mass is 16.2. The van der Waals surface area contributed by atoms with Gasteiger partial charge >= 0.3 is 0 Å². The van der Waals surface area contributed by atoms with E-state index >= 15 is 0 Å². The summed E-state index contributed by atoms with van der Waals surface area (Å²) in [5.41, 5.74) is 0. The van der Waals surface area contributed by atoms with E-state index in [4.69, 9.17) is 0 Å². The van der Waals surface area contributed by atoms with Crippen LogP contribution in [0.4, 0.5) is 0 Å². The van der Waals surface area contributed by atoms with E-state index in [9.17, 15) is 9.59 Å². The molecule has 2 N–H and O–H groups in total. The van der Waals surface area contributed by atoms with Crippen LogP contribution in [0.25, 0.3) is 0 Å². The second-order valence-corrected chi connectivity index (χ2v) is 8.30. The van der Waals surface area contributed by atoms with Crippen LogP contribution in [0.1, 0.15) is 116 Å². The lowest BCUT2D eigenvalue weighted by Crippen LogP contribution is -2.25. The summed E-state index contributed by atoms with van der Waals surface area (Å²) in [7, 11) is 0. The normalized spacial score (nSPS) is 10.5. The Kier molecular flexibility index (Phi) is 22.4. The van der Waals surface area contributed by atoms with Crippen molar-refractivity contribution in [1.82, 2.24) is 10.6 Å². The fraction of sp³-hybridized carbons (Fsp3) is 0.769. The van der Waals surface area contributed by atoms with Crippen molar-refractivity contribution in [2.75, 3.05) is 13.1 Å². The molecule has 0 aromatic heterocycles. The fourth-order valence-electron chi connectivity index (χ4n) is 3.45. The van der Waals surface area contributed by atoms with Crippen molar-refractivity contribution in [2.45, 2.75) is 116 Å². The molecule has 30 heavy (non-hydrogen) atoms. The van der Waals surface area contributed by atoms with E-state index in [2.05, 4.69) is 23.8 Å². The average molecular weight is 421 g/mol. The van der Waals surface area contributed by atoms with Gasteiger partial charge in [0.05, 0.1) is 0 Å². The van der Waals surface area contributed by atoms with E-state index in [1.807, 2.05) is 12.2 Å². The topological polar surface area (TPSA) is 58.2 Å². The first-order valence-corrected chi connectivity index (χ1v) is 12.5. The summed E-state index contributed by atoms with van der Waals surface area (Å²) >= 11 is 0. The van der Waals surface area contributed by atoms with Crippen molar-refractivity contribution in [2.24, 2.45) is 0 Å². The molecule has 2 amide bonds. The van der Waals surface area contributed by atoms with E-state index in [1.54, 1.807) is 0 Å². The summed E-state index contributed by atoms with van der Waals surface area (Å²) < 4.78 is 0. The van der Waals surface area contributed by atoms with Crippen LogP contribution in [-0.2, 0) is 9.59 Å². The van der Waals surface area contributed by atoms with E-state index in [1.165, 1.54) is 64.2 Å². The molecule has 0 fully saturated rings. The van der Waals surface area contributed by atoms with Gasteiger partial charge in [-0.2, -0.15) is 0 Å². The van der Waals surface area contributed by atoms with Gasteiger partial charge < -0.3 is 10.6 Å². The minimum absolute atomic E-state index is 0.120. The third kappa shape index (κ3) is 22.7. The number of nitrogens with one attached hydrogen (secondary N) is 2. The smallest absolute Gasteiger partial charge is 0.219 e. The van der Waals surface area contributed by atoms with Gasteiger partial charge in [0.15, 0.2) is 0 Å². The molecule has 0 spiro atoms. The Morgan fingerprint density at radius 2 is 0.833 bits per heavy atom. The maximum absolute atomic E-state index is 11.8. The zero-order chi connectivity index (χ0) is 22.1. The Bertz CT molecular complexity index is 395. The molecule has 0 aliphatic rings. The predicted molar refractivity (Wildman–Crippen MR) is 130 cm³/mol. The van der Waals surface area contributed by atoms with E-state index in [-0.39, 0.29) is 11.8 Å². The summed E-state index contributed by atoms with van der Waals surface area (Å²) in [5.74, 6) is 0.240. The highest BCUT2D eigenvalue weighted by molar-refractivity contribution is 5.77. The molecule has 0 rings (SSSR count). The second-order valence-electron chi connectivity index (χ2n) is 8.30. The van der Waals surface area contributed by atoms with Crippen molar-refractivity contribution in [3.63, 3.8) is 0 Å². The van der Waals surface area contributed by atoms with Gasteiger partial charge in [0, 0.05) is 25.9 Å². The fourth-order valence-corrected chi connectivity index (χ4v) is 3.45. The lowest BCUT2D eigenvalue weighted by atomic mass is 10.1. The molecule has 0 bridgehead atoms. The van der Waals surface area contributed by atoms with Gasteiger partial charge in [0.25, 0.3) is 0 Å². The largest absolute Gasteiger partial charge is 0.356 e. The Balaban J connectivity index is 3.31. The van der Waals surface area contributed by atoms with Gasteiger partial charge in [0.1, 0.15) is 0 Å². The highest BCUT2D eigenvalue weighted by Crippen LogP contribution is 2.08. The number of unbranched alkanes of at least 4 members (excludes halogenated alkanes) is 13. The van der Waals surface area contributed by atoms with Crippen LogP contribution in [0, 0.1) is 0 Å². The van der Waals surface area contributed by atoms with Gasteiger partial charge in [-0.3, -0.25) is 9.59 Å². The SMILES string of the molecule is C=CCCCCCCCCNC(=O)CCCCC(=O)NCCCCCCCCC=C. The molecular weight excluding hydrogens is 372 g/mol. The first-order chi connectivity index (χ1) is 14.7. The van der Waals surface area contributed by atoms with Crippen LogP contribution < -0.4 is 10.6 Å². The van der Waals surface area contributed by atoms with Crippen molar-refractivity contribution in [1.29, 1.82) is 0 Å². The molecule has 0 saturated heterocycles. The first-order valence-electron chi connectivity index (χ1n) is 12.5. The van der Waals surface area contributed by atoms with Crippen LogP contribution in [0.2, 0.25) is 0 Å². The number of hydrogen-bond acceptors (Lipinski definition) is 2. The van der Waals surface area contributed by atoms with Crippen LogP contribution in [0.5, 0.6) is 0 Å². The maximum atomic E-state index is 11.8. The van der Waals surface area contributed by atoms with Crippen molar-refractivity contribution >= 4 is 11.8 Å². The van der Waals surface area contributed by atoms with E-state index < -0.39 is 0 Å². The highest BCUT2D eigenvalue weighted by Gasteiger charge is 2.04. The zero-order valence-electron chi connectivity index (χ0n) is 19.5. The van der Waals surface area contributed by atoms with Gasteiger partial charge in [-0.15, -0.1) is 13.2 Å². The molecule has 0 atom stereocenters. The third-order valence-electron chi connectivity index (χ3n) is 5.37. The molecular formula is C26H48N2O2. The monoisotopic (exact) mass is 420 g/mol. The summed E-state index contributed by atoms with van der Waals surface area (Å²) in [6, 6.07) is 0.